The molecule has 0 aromatic heterocycles. The number of nitrogens with zero attached hydrogens (tertiary/aromatic N) is 2. The molecule has 0 fully saturated rings. The molecule has 0 bridgehead atoms. The number of halogens is 1. The second kappa shape index (κ2) is 14.6. The topological polar surface area (TPSA) is 96.0 Å². The van der Waals surface area contributed by atoms with E-state index in [1.807, 2.05) is 39.8 Å². The zero-order valence-corrected chi connectivity index (χ0v) is 26.6. The number of methoxy groups -OCH3 is 1. The van der Waals surface area contributed by atoms with Crippen molar-refractivity contribution in [2.75, 3.05) is 24.5 Å². The van der Waals surface area contributed by atoms with Crippen molar-refractivity contribution >= 4 is 39.1 Å². The van der Waals surface area contributed by atoms with Crippen molar-refractivity contribution in [2.45, 2.75) is 58.5 Å². The number of sulfonamides is 1. The van der Waals surface area contributed by atoms with Crippen LogP contribution in [0.15, 0.2) is 71.6 Å². The van der Waals surface area contributed by atoms with Crippen LogP contribution in [0.4, 0.5) is 5.69 Å². The number of nitrogens with one attached hydrogen (secondary N) is 1. The molecule has 0 unspecified atom stereocenters. The summed E-state index contributed by atoms with van der Waals surface area (Å²) in [5.74, 6) is 0.0654. The Bertz CT molecular complexity index is 1470. The van der Waals surface area contributed by atoms with Crippen molar-refractivity contribution in [3.63, 3.8) is 0 Å². The Morgan fingerprint density at radius 2 is 1.62 bits per heavy atom. The van der Waals surface area contributed by atoms with Crippen LogP contribution in [0.25, 0.3) is 0 Å². The molecule has 0 heterocycles. The van der Waals surface area contributed by atoms with Crippen molar-refractivity contribution in [1.82, 2.24) is 10.2 Å². The molecule has 10 heteroatoms. The molecule has 3 aromatic carbocycles. The molecule has 226 valence electrons. The Morgan fingerprint density at radius 1 is 0.976 bits per heavy atom. The lowest BCUT2D eigenvalue weighted by Crippen LogP contribution is -2.52. The average Bonchev–Trinajstić information content (AvgIpc) is 2.96. The van der Waals surface area contributed by atoms with Crippen molar-refractivity contribution in [2.24, 2.45) is 5.92 Å². The van der Waals surface area contributed by atoms with Gasteiger partial charge in [-0.3, -0.25) is 13.9 Å². The first-order chi connectivity index (χ1) is 19.9. The van der Waals surface area contributed by atoms with Gasteiger partial charge in [-0.1, -0.05) is 68.3 Å². The average molecular weight is 614 g/mol. The lowest BCUT2D eigenvalue weighted by molar-refractivity contribution is -0.140. The highest BCUT2D eigenvalue weighted by Crippen LogP contribution is 2.30. The Balaban J connectivity index is 2.08. The van der Waals surface area contributed by atoms with Gasteiger partial charge in [0.1, 0.15) is 18.3 Å². The van der Waals surface area contributed by atoms with Gasteiger partial charge in [-0.25, -0.2) is 8.42 Å². The van der Waals surface area contributed by atoms with Crippen LogP contribution in [0.2, 0.25) is 5.02 Å². The van der Waals surface area contributed by atoms with Gasteiger partial charge >= 0.3 is 0 Å². The molecule has 8 nitrogen and oxygen atoms in total. The summed E-state index contributed by atoms with van der Waals surface area (Å²) in [5.41, 5.74) is 2.59. The second-order valence-electron chi connectivity index (χ2n) is 10.7. The van der Waals surface area contributed by atoms with E-state index in [0.717, 1.165) is 15.4 Å². The maximum atomic E-state index is 14.2. The number of hydrogen-bond acceptors (Lipinski definition) is 5. The smallest absolute Gasteiger partial charge is 0.264 e. The Kier molecular flexibility index (Phi) is 11.4. The lowest BCUT2D eigenvalue weighted by Gasteiger charge is -2.33. The van der Waals surface area contributed by atoms with Gasteiger partial charge in [-0.2, -0.15) is 0 Å². The summed E-state index contributed by atoms with van der Waals surface area (Å²) in [6.07, 6.45) is 0.340. The Labute approximate surface area is 254 Å². The minimum atomic E-state index is -4.18. The third-order valence-corrected chi connectivity index (χ3v) is 8.92. The van der Waals surface area contributed by atoms with Crippen molar-refractivity contribution in [3.05, 3.63) is 88.4 Å². The minimum absolute atomic E-state index is 0.0451. The Morgan fingerprint density at radius 3 is 2.19 bits per heavy atom. The molecule has 1 N–H and O–H groups in total. The summed E-state index contributed by atoms with van der Waals surface area (Å²) in [4.78, 5) is 29.1. The van der Waals surface area contributed by atoms with E-state index in [-0.39, 0.29) is 29.0 Å². The number of hydrogen-bond donors (Lipinski definition) is 1. The standard InChI is InChI=1S/C32H40ClN3O5S/c1-7-29(32(38)34-19-22(2)3)35(20-25-11-14-27(41-6)15-12-25)31(37)21-36(30-18-26(33)13-10-24(30)5)42(39,40)28-16-8-23(4)9-17-28/h8-18,22,29H,7,19-21H2,1-6H3,(H,34,38)/t29-/m0/s1. The summed E-state index contributed by atoms with van der Waals surface area (Å²) in [5, 5.41) is 3.27. The number of aryl methyl sites for hydroxylation is 2. The minimum Gasteiger partial charge on any atom is -0.497 e. The van der Waals surface area contributed by atoms with Gasteiger partial charge in [0.05, 0.1) is 17.7 Å². The molecule has 0 aliphatic heterocycles. The predicted octanol–water partition coefficient (Wildman–Crippen LogP) is 5.74. The molecule has 3 rings (SSSR count). The number of carbonyl (C=O) groups excluding carboxylic acids is 2. The monoisotopic (exact) mass is 613 g/mol. The van der Waals surface area contributed by atoms with E-state index in [1.165, 1.54) is 23.1 Å². The summed E-state index contributed by atoms with van der Waals surface area (Å²) in [6, 6.07) is 17.8. The van der Waals surface area contributed by atoms with Crippen molar-refractivity contribution in [3.8, 4) is 5.75 Å². The fourth-order valence-corrected chi connectivity index (χ4v) is 6.11. The molecule has 3 aromatic rings. The van der Waals surface area contributed by atoms with Crippen LogP contribution in [0, 0.1) is 19.8 Å². The molecule has 0 saturated carbocycles. The third kappa shape index (κ3) is 8.26. The normalized spacial score (nSPS) is 12.1. The first-order valence-electron chi connectivity index (χ1n) is 13.9. The SMILES string of the molecule is CC[C@@H](C(=O)NCC(C)C)N(Cc1ccc(OC)cc1)C(=O)CN(c1cc(Cl)ccc1C)S(=O)(=O)c1ccc(C)cc1. The van der Waals surface area contributed by atoms with Crippen molar-refractivity contribution in [1.29, 1.82) is 0 Å². The molecular weight excluding hydrogens is 574 g/mol. The number of amides is 2. The van der Waals surface area contributed by atoms with Crippen LogP contribution in [-0.2, 0) is 26.2 Å². The highest BCUT2D eigenvalue weighted by Gasteiger charge is 2.34. The molecule has 0 spiro atoms. The van der Waals surface area contributed by atoms with E-state index in [9.17, 15) is 18.0 Å². The number of ether oxygens (including phenoxy) is 1. The fraction of sp³-hybridized carbons (Fsp3) is 0.375. The molecule has 0 radical (unpaired) electrons. The van der Waals surface area contributed by atoms with Crippen molar-refractivity contribution < 1.29 is 22.7 Å². The summed E-state index contributed by atoms with van der Waals surface area (Å²) in [7, 11) is -2.62. The maximum Gasteiger partial charge on any atom is 0.264 e. The van der Waals surface area contributed by atoms with E-state index in [0.29, 0.717) is 29.3 Å². The van der Waals surface area contributed by atoms with E-state index in [2.05, 4.69) is 5.32 Å². The molecule has 0 saturated heterocycles. The van der Waals surface area contributed by atoms with Crippen LogP contribution in [0.5, 0.6) is 5.75 Å². The van der Waals surface area contributed by atoms with Crippen LogP contribution >= 0.6 is 11.6 Å². The van der Waals surface area contributed by atoms with Gasteiger partial charge in [0.2, 0.25) is 11.8 Å². The van der Waals surface area contributed by atoms with Crippen LogP contribution in [0.1, 0.15) is 43.9 Å². The first-order valence-corrected chi connectivity index (χ1v) is 15.7. The van der Waals surface area contributed by atoms with Gasteiger partial charge in [-0.05, 0) is 73.7 Å². The van der Waals surface area contributed by atoms with Crippen LogP contribution < -0.4 is 14.4 Å². The lowest BCUT2D eigenvalue weighted by atomic mass is 10.1. The number of benzene rings is 3. The molecule has 1 atom stereocenters. The molecule has 2 amide bonds. The summed E-state index contributed by atoms with van der Waals surface area (Å²) in [6.45, 7) is 9.46. The van der Waals surface area contributed by atoms with Gasteiger partial charge in [0.25, 0.3) is 10.0 Å². The molecule has 0 aliphatic carbocycles. The van der Waals surface area contributed by atoms with E-state index in [4.69, 9.17) is 16.3 Å². The maximum absolute atomic E-state index is 14.2. The summed E-state index contributed by atoms with van der Waals surface area (Å²) >= 11 is 6.30. The van der Waals surface area contributed by atoms with E-state index < -0.39 is 28.5 Å². The highest BCUT2D eigenvalue weighted by atomic mass is 35.5. The number of anilines is 1. The summed E-state index contributed by atoms with van der Waals surface area (Å²) < 4.78 is 34.5. The first kappa shape index (κ1) is 32.9. The number of rotatable bonds is 13. The van der Waals surface area contributed by atoms with Gasteiger partial charge < -0.3 is 15.0 Å². The Hall–Kier alpha value is -3.56. The third-order valence-electron chi connectivity index (χ3n) is 6.91. The van der Waals surface area contributed by atoms with E-state index >= 15 is 0 Å². The predicted molar refractivity (Wildman–Crippen MR) is 167 cm³/mol. The highest BCUT2D eigenvalue weighted by molar-refractivity contribution is 7.92. The van der Waals surface area contributed by atoms with Crippen LogP contribution in [-0.4, -0.2) is 51.4 Å². The quantitative estimate of drug-likeness (QED) is 0.265. The van der Waals surface area contributed by atoms with Gasteiger partial charge in [0, 0.05) is 18.1 Å². The zero-order chi connectivity index (χ0) is 31.0. The van der Waals surface area contributed by atoms with Gasteiger partial charge in [-0.15, -0.1) is 0 Å². The molecule has 42 heavy (non-hydrogen) atoms. The largest absolute Gasteiger partial charge is 0.497 e. The fourth-order valence-electron chi connectivity index (χ4n) is 4.47. The van der Waals surface area contributed by atoms with Gasteiger partial charge in [0.15, 0.2) is 0 Å². The molecular formula is C32H40ClN3O5S. The second-order valence-corrected chi connectivity index (χ2v) is 13.0. The number of carbonyl (C=O) groups is 2. The van der Waals surface area contributed by atoms with E-state index in [1.54, 1.807) is 50.4 Å². The van der Waals surface area contributed by atoms with Crippen LogP contribution in [0.3, 0.4) is 0 Å². The zero-order valence-electron chi connectivity index (χ0n) is 25.1. The molecule has 0 aliphatic rings.